The summed E-state index contributed by atoms with van der Waals surface area (Å²) >= 11 is 0. The van der Waals surface area contributed by atoms with Crippen LogP contribution >= 0.6 is 0 Å². The molecular formula is C19H22N2O6. The van der Waals surface area contributed by atoms with Crippen molar-refractivity contribution in [1.29, 1.82) is 0 Å². The maximum atomic E-state index is 12.1. The molecule has 144 valence electrons. The van der Waals surface area contributed by atoms with Gasteiger partial charge in [-0.3, -0.25) is 14.9 Å². The zero-order chi connectivity index (χ0) is 19.8. The molecular weight excluding hydrogens is 352 g/mol. The number of ether oxygens (including phenoxy) is 3. The van der Waals surface area contributed by atoms with E-state index in [4.69, 9.17) is 14.2 Å². The number of rotatable bonds is 9. The lowest BCUT2D eigenvalue weighted by Gasteiger charge is -2.11. The summed E-state index contributed by atoms with van der Waals surface area (Å²) in [6, 6.07) is 10.1. The minimum Gasteiger partial charge on any atom is -0.497 e. The molecule has 1 amide bonds. The van der Waals surface area contributed by atoms with Crippen LogP contribution in [-0.4, -0.2) is 38.7 Å². The molecule has 0 spiro atoms. The number of carbonyl (C=O) groups excluding carboxylic acids is 1. The molecule has 0 aliphatic carbocycles. The van der Waals surface area contributed by atoms with Gasteiger partial charge in [0.15, 0.2) is 11.5 Å². The van der Waals surface area contributed by atoms with Gasteiger partial charge in [-0.25, -0.2) is 0 Å². The number of nitro groups is 1. The highest BCUT2D eigenvalue weighted by molar-refractivity contribution is 5.78. The topological polar surface area (TPSA) is 99.9 Å². The number of nitro benzene ring substituents is 1. The smallest absolute Gasteiger partial charge is 0.276 e. The molecule has 0 aromatic heterocycles. The Bertz CT molecular complexity index is 805. The monoisotopic (exact) mass is 374 g/mol. The second-order valence-corrected chi connectivity index (χ2v) is 5.72. The highest BCUT2D eigenvalue weighted by Crippen LogP contribution is 2.34. The number of carbonyl (C=O) groups is 1. The number of nitrogens with zero attached hydrogens (tertiary/aromatic N) is 1. The summed E-state index contributed by atoms with van der Waals surface area (Å²) in [5.41, 5.74) is 1.24. The van der Waals surface area contributed by atoms with E-state index in [1.54, 1.807) is 25.3 Å². The van der Waals surface area contributed by atoms with Crippen LogP contribution in [0.5, 0.6) is 17.2 Å². The van der Waals surface area contributed by atoms with E-state index in [2.05, 4.69) is 5.32 Å². The van der Waals surface area contributed by atoms with Gasteiger partial charge in [0.05, 0.1) is 38.7 Å². The van der Waals surface area contributed by atoms with Gasteiger partial charge in [0.2, 0.25) is 5.91 Å². The van der Waals surface area contributed by atoms with E-state index in [-0.39, 0.29) is 30.3 Å². The van der Waals surface area contributed by atoms with Crippen molar-refractivity contribution < 1.29 is 23.9 Å². The van der Waals surface area contributed by atoms with Crippen molar-refractivity contribution in [2.75, 3.05) is 27.9 Å². The van der Waals surface area contributed by atoms with Crippen LogP contribution in [0, 0.1) is 10.1 Å². The average Bonchev–Trinajstić information content (AvgIpc) is 2.67. The molecule has 0 bridgehead atoms. The van der Waals surface area contributed by atoms with E-state index in [1.807, 2.05) is 12.1 Å². The summed E-state index contributed by atoms with van der Waals surface area (Å²) in [5.74, 6) is 1.25. The fraction of sp³-hybridized carbons (Fsp3) is 0.316. The van der Waals surface area contributed by atoms with Crippen LogP contribution in [0.4, 0.5) is 5.69 Å². The zero-order valence-corrected chi connectivity index (χ0v) is 15.5. The van der Waals surface area contributed by atoms with E-state index in [0.29, 0.717) is 17.7 Å². The summed E-state index contributed by atoms with van der Waals surface area (Å²) in [5, 5.41) is 14.1. The summed E-state index contributed by atoms with van der Waals surface area (Å²) < 4.78 is 15.4. The molecule has 0 saturated carbocycles. The fourth-order valence-corrected chi connectivity index (χ4v) is 2.61. The third kappa shape index (κ3) is 5.34. The molecule has 0 fully saturated rings. The van der Waals surface area contributed by atoms with Gasteiger partial charge in [-0.05, 0) is 30.2 Å². The van der Waals surface area contributed by atoms with Gasteiger partial charge in [-0.1, -0.05) is 12.1 Å². The highest BCUT2D eigenvalue weighted by Gasteiger charge is 2.19. The first-order valence-electron chi connectivity index (χ1n) is 8.27. The highest BCUT2D eigenvalue weighted by atomic mass is 16.6. The lowest BCUT2D eigenvalue weighted by molar-refractivity contribution is -0.385. The predicted molar refractivity (Wildman–Crippen MR) is 99.6 cm³/mol. The van der Waals surface area contributed by atoms with Gasteiger partial charge < -0.3 is 19.5 Å². The Morgan fingerprint density at radius 2 is 1.67 bits per heavy atom. The molecule has 8 heteroatoms. The average molecular weight is 374 g/mol. The second kappa shape index (κ2) is 9.42. The molecule has 0 aliphatic heterocycles. The first kappa shape index (κ1) is 20.0. The minimum atomic E-state index is -0.476. The standard InChI is InChI=1S/C19H22N2O6/c1-25-15-6-4-13(5-7-15)10-19(22)20-9-8-14-11-17(26-2)18(27-3)12-16(14)21(23)24/h4-7,11-12H,8-10H2,1-3H3,(H,20,22). The summed E-state index contributed by atoms with van der Waals surface area (Å²) in [6.45, 7) is 0.269. The lowest BCUT2D eigenvalue weighted by Crippen LogP contribution is -2.27. The van der Waals surface area contributed by atoms with Crippen LogP contribution in [0.15, 0.2) is 36.4 Å². The Kier molecular flexibility index (Phi) is 6.99. The number of methoxy groups -OCH3 is 3. The molecule has 0 heterocycles. The Hall–Kier alpha value is -3.29. The maximum Gasteiger partial charge on any atom is 0.276 e. The van der Waals surface area contributed by atoms with E-state index in [1.165, 1.54) is 20.3 Å². The van der Waals surface area contributed by atoms with Crippen LogP contribution in [0.1, 0.15) is 11.1 Å². The first-order chi connectivity index (χ1) is 13.0. The number of nitrogens with one attached hydrogen (secondary N) is 1. The molecule has 2 aromatic rings. The lowest BCUT2D eigenvalue weighted by atomic mass is 10.1. The molecule has 1 N–H and O–H groups in total. The summed E-state index contributed by atoms with van der Waals surface area (Å²) in [4.78, 5) is 22.9. The normalized spacial score (nSPS) is 10.2. The van der Waals surface area contributed by atoms with Crippen LogP contribution in [0.2, 0.25) is 0 Å². The Morgan fingerprint density at radius 3 is 2.22 bits per heavy atom. The van der Waals surface area contributed by atoms with Crippen molar-refractivity contribution in [3.8, 4) is 17.2 Å². The number of hydrogen-bond acceptors (Lipinski definition) is 6. The van der Waals surface area contributed by atoms with E-state index in [0.717, 1.165) is 11.3 Å². The van der Waals surface area contributed by atoms with E-state index < -0.39 is 4.92 Å². The van der Waals surface area contributed by atoms with Crippen molar-refractivity contribution in [2.45, 2.75) is 12.8 Å². The third-order valence-corrected chi connectivity index (χ3v) is 4.02. The second-order valence-electron chi connectivity index (χ2n) is 5.72. The van der Waals surface area contributed by atoms with Crippen LogP contribution < -0.4 is 19.5 Å². The Balaban J connectivity index is 1.98. The van der Waals surface area contributed by atoms with Crippen molar-refractivity contribution in [3.63, 3.8) is 0 Å². The third-order valence-electron chi connectivity index (χ3n) is 4.02. The largest absolute Gasteiger partial charge is 0.497 e. The molecule has 0 unspecified atom stereocenters. The molecule has 0 saturated heterocycles. The number of hydrogen-bond donors (Lipinski definition) is 1. The first-order valence-corrected chi connectivity index (χ1v) is 8.27. The fourth-order valence-electron chi connectivity index (χ4n) is 2.61. The van der Waals surface area contributed by atoms with E-state index >= 15 is 0 Å². The molecule has 0 atom stereocenters. The van der Waals surface area contributed by atoms with Crippen LogP contribution in [0.25, 0.3) is 0 Å². The van der Waals surface area contributed by atoms with Gasteiger partial charge in [0.1, 0.15) is 5.75 Å². The summed E-state index contributed by atoms with van der Waals surface area (Å²) in [7, 11) is 4.46. The molecule has 27 heavy (non-hydrogen) atoms. The molecule has 2 aromatic carbocycles. The summed E-state index contributed by atoms with van der Waals surface area (Å²) in [6.07, 6.45) is 0.517. The van der Waals surface area contributed by atoms with Crippen molar-refractivity contribution >= 4 is 11.6 Å². The molecule has 2 rings (SSSR count). The SMILES string of the molecule is COc1ccc(CC(=O)NCCc2cc(OC)c(OC)cc2[N+](=O)[O-])cc1. The Morgan fingerprint density at radius 1 is 1.04 bits per heavy atom. The van der Waals surface area contributed by atoms with Gasteiger partial charge in [-0.15, -0.1) is 0 Å². The van der Waals surface area contributed by atoms with Crippen molar-refractivity contribution in [3.05, 3.63) is 57.6 Å². The quantitative estimate of drug-likeness (QED) is 0.535. The molecule has 8 nitrogen and oxygen atoms in total. The molecule has 0 aliphatic rings. The van der Waals surface area contributed by atoms with Crippen molar-refractivity contribution in [1.82, 2.24) is 5.32 Å². The van der Waals surface area contributed by atoms with Gasteiger partial charge in [0, 0.05) is 12.1 Å². The van der Waals surface area contributed by atoms with Crippen LogP contribution in [0.3, 0.4) is 0 Å². The minimum absolute atomic E-state index is 0.0722. The zero-order valence-electron chi connectivity index (χ0n) is 15.5. The predicted octanol–water partition coefficient (Wildman–Crippen LogP) is 2.52. The number of benzene rings is 2. The molecule has 0 radical (unpaired) electrons. The maximum absolute atomic E-state index is 12.1. The van der Waals surface area contributed by atoms with Gasteiger partial charge >= 0.3 is 0 Å². The van der Waals surface area contributed by atoms with E-state index in [9.17, 15) is 14.9 Å². The Labute approximate surface area is 157 Å². The van der Waals surface area contributed by atoms with Gasteiger partial charge in [-0.2, -0.15) is 0 Å². The van der Waals surface area contributed by atoms with Crippen LogP contribution in [-0.2, 0) is 17.6 Å². The number of amides is 1. The van der Waals surface area contributed by atoms with Crippen molar-refractivity contribution in [2.24, 2.45) is 0 Å². The van der Waals surface area contributed by atoms with Gasteiger partial charge in [0.25, 0.3) is 5.69 Å².